The maximum atomic E-state index is 5.88. The van der Waals surface area contributed by atoms with Crippen molar-refractivity contribution in [2.75, 3.05) is 0 Å². The quantitative estimate of drug-likeness (QED) is 0.788. The van der Waals surface area contributed by atoms with E-state index >= 15 is 0 Å². The second kappa shape index (κ2) is 4.18. The molecule has 1 aromatic rings. The molecule has 80 valence electrons. The van der Waals surface area contributed by atoms with Gasteiger partial charge in [0.2, 0.25) is 0 Å². The average molecular weight is 194 g/mol. The largest absolute Gasteiger partial charge is 0.350 e. The van der Waals surface area contributed by atoms with Crippen LogP contribution < -0.4 is 5.73 Å². The van der Waals surface area contributed by atoms with E-state index in [0.29, 0.717) is 5.41 Å². The zero-order valence-electron chi connectivity index (χ0n) is 9.75. The monoisotopic (exact) mass is 194 g/mol. The van der Waals surface area contributed by atoms with Crippen LogP contribution in [0.3, 0.4) is 0 Å². The Bertz CT molecular complexity index is 279. The molecule has 0 bridgehead atoms. The molecule has 1 heterocycles. The van der Waals surface area contributed by atoms with Crippen molar-refractivity contribution in [2.24, 2.45) is 11.1 Å². The Morgan fingerprint density at radius 2 is 2.07 bits per heavy atom. The van der Waals surface area contributed by atoms with Crippen LogP contribution in [0.25, 0.3) is 0 Å². The summed E-state index contributed by atoms with van der Waals surface area (Å²) in [6.07, 6.45) is 3.30. The van der Waals surface area contributed by atoms with E-state index in [1.165, 1.54) is 12.1 Å². The molecule has 1 rings (SSSR count). The summed E-state index contributed by atoms with van der Waals surface area (Å²) in [6, 6.07) is 4.30. The van der Waals surface area contributed by atoms with Crippen LogP contribution in [0.1, 0.15) is 45.9 Å². The third-order valence-corrected chi connectivity index (χ3v) is 2.43. The molecular formula is C12H22N2. The van der Waals surface area contributed by atoms with Gasteiger partial charge in [-0.15, -0.1) is 0 Å². The molecule has 2 heteroatoms. The average Bonchev–Trinajstić information content (AvgIpc) is 2.46. The number of rotatable bonds is 3. The van der Waals surface area contributed by atoms with Crippen LogP contribution in [-0.2, 0) is 6.54 Å². The molecule has 1 aromatic heterocycles. The normalized spacial score (nSPS) is 14.4. The molecule has 0 aliphatic carbocycles. The molecule has 0 aliphatic heterocycles. The van der Waals surface area contributed by atoms with E-state index in [-0.39, 0.29) is 6.04 Å². The Morgan fingerprint density at radius 1 is 1.43 bits per heavy atom. The minimum Gasteiger partial charge on any atom is -0.350 e. The summed E-state index contributed by atoms with van der Waals surface area (Å²) in [7, 11) is 0. The Morgan fingerprint density at radius 3 is 2.57 bits per heavy atom. The van der Waals surface area contributed by atoms with Gasteiger partial charge in [-0.25, -0.2) is 0 Å². The molecule has 0 spiro atoms. The maximum absolute atomic E-state index is 5.88. The molecule has 0 aromatic carbocycles. The van der Waals surface area contributed by atoms with Crippen LogP contribution >= 0.6 is 0 Å². The predicted octanol–water partition coefficient (Wildman–Crippen LogP) is 2.94. The van der Waals surface area contributed by atoms with E-state index in [4.69, 9.17) is 5.73 Å². The molecule has 14 heavy (non-hydrogen) atoms. The Balaban J connectivity index is 2.63. The lowest BCUT2D eigenvalue weighted by Crippen LogP contribution is -2.15. The Kier molecular flexibility index (Phi) is 3.38. The number of nitrogens with two attached hydrogens (primary N) is 1. The first-order valence-corrected chi connectivity index (χ1v) is 5.31. The van der Waals surface area contributed by atoms with Crippen molar-refractivity contribution in [2.45, 2.75) is 46.7 Å². The third kappa shape index (κ3) is 3.18. The zero-order valence-corrected chi connectivity index (χ0v) is 9.75. The van der Waals surface area contributed by atoms with Gasteiger partial charge < -0.3 is 10.3 Å². The van der Waals surface area contributed by atoms with E-state index < -0.39 is 0 Å². The van der Waals surface area contributed by atoms with Crippen LogP contribution in [-0.4, -0.2) is 4.57 Å². The fourth-order valence-electron chi connectivity index (χ4n) is 1.50. The van der Waals surface area contributed by atoms with E-state index in [0.717, 1.165) is 6.54 Å². The first-order chi connectivity index (χ1) is 6.40. The van der Waals surface area contributed by atoms with Crippen molar-refractivity contribution in [3.8, 4) is 0 Å². The Labute approximate surface area is 87.1 Å². The maximum Gasteiger partial charge on any atom is 0.0421 e. The highest BCUT2D eigenvalue weighted by Gasteiger charge is 2.11. The number of hydrogen-bond acceptors (Lipinski definition) is 1. The SMILES string of the molecule is CC(N)c1cccn1CCC(C)(C)C. The smallest absolute Gasteiger partial charge is 0.0421 e. The van der Waals surface area contributed by atoms with Gasteiger partial charge in [0.15, 0.2) is 0 Å². The molecule has 0 saturated heterocycles. The highest BCUT2D eigenvalue weighted by atomic mass is 15.0. The van der Waals surface area contributed by atoms with Crippen molar-refractivity contribution < 1.29 is 0 Å². The molecule has 0 fully saturated rings. The minimum atomic E-state index is 0.130. The lowest BCUT2D eigenvalue weighted by molar-refractivity contribution is 0.347. The minimum absolute atomic E-state index is 0.130. The molecule has 0 radical (unpaired) electrons. The zero-order chi connectivity index (χ0) is 10.8. The fraction of sp³-hybridized carbons (Fsp3) is 0.667. The molecule has 0 saturated carbocycles. The van der Waals surface area contributed by atoms with E-state index in [9.17, 15) is 0 Å². The topological polar surface area (TPSA) is 30.9 Å². The van der Waals surface area contributed by atoms with Crippen LogP contribution in [0.5, 0.6) is 0 Å². The lowest BCUT2D eigenvalue weighted by Gasteiger charge is -2.20. The van der Waals surface area contributed by atoms with Gasteiger partial charge >= 0.3 is 0 Å². The highest BCUT2D eigenvalue weighted by molar-refractivity contribution is 5.10. The summed E-state index contributed by atoms with van der Waals surface area (Å²) in [5.41, 5.74) is 7.50. The lowest BCUT2D eigenvalue weighted by atomic mass is 9.92. The first-order valence-electron chi connectivity index (χ1n) is 5.31. The van der Waals surface area contributed by atoms with Crippen molar-refractivity contribution in [3.05, 3.63) is 24.0 Å². The first kappa shape index (κ1) is 11.3. The van der Waals surface area contributed by atoms with Gasteiger partial charge in [0, 0.05) is 24.5 Å². The molecule has 0 amide bonds. The number of aryl methyl sites for hydroxylation is 1. The van der Waals surface area contributed by atoms with Gasteiger partial charge in [-0.2, -0.15) is 0 Å². The molecule has 1 unspecified atom stereocenters. The highest BCUT2D eigenvalue weighted by Crippen LogP contribution is 2.21. The second-order valence-electron chi connectivity index (χ2n) is 5.23. The third-order valence-electron chi connectivity index (χ3n) is 2.43. The summed E-state index contributed by atoms with van der Waals surface area (Å²) in [5.74, 6) is 0. The van der Waals surface area contributed by atoms with Crippen molar-refractivity contribution >= 4 is 0 Å². The molecular weight excluding hydrogens is 172 g/mol. The Hall–Kier alpha value is -0.760. The number of nitrogens with zero attached hydrogens (tertiary/aromatic N) is 1. The standard InChI is InChI=1S/C12H22N2/c1-10(13)11-6-5-8-14(11)9-7-12(2,3)4/h5-6,8,10H,7,9,13H2,1-4H3. The summed E-state index contributed by atoms with van der Waals surface area (Å²) in [6.45, 7) is 9.89. The summed E-state index contributed by atoms with van der Waals surface area (Å²) in [5, 5.41) is 0. The molecule has 2 N–H and O–H groups in total. The summed E-state index contributed by atoms with van der Waals surface area (Å²) in [4.78, 5) is 0. The van der Waals surface area contributed by atoms with Crippen LogP contribution in [0, 0.1) is 5.41 Å². The van der Waals surface area contributed by atoms with Crippen molar-refractivity contribution in [1.29, 1.82) is 0 Å². The van der Waals surface area contributed by atoms with E-state index in [1.54, 1.807) is 0 Å². The van der Waals surface area contributed by atoms with Crippen molar-refractivity contribution in [3.63, 3.8) is 0 Å². The van der Waals surface area contributed by atoms with Crippen molar-refractivity contribution in [1.82, 2.24) is 4.57 Å². The number of aromatic nitrogens is 1. The molecule has 1 atom stereocenters. The molecule has 0 aliphatic rings. The summed E-state index contributed by atoms with van der Waals surface area (Å²) >= 11 is 0. The van der Waals surface area contributed by atoms with Gasteiger partial charge in [0.05, 0.1) is 0 Å². The van der Waals surface area contributed by atoms with Crippen LogP contribution in [0.4, 0.5) is 0 Å². The number of hydrogen-bond donors (Lipinski definition) is 1. The van der Waals surface area contributed by atoms with Gasteiger partial charge in [0.25, 0.3) is 0 Å². The summed E-state index contributed by atoms with van der Waals surface area (Å²) < 4.78 is 2.26. The van der Waals surface area contributed by atoms with E-state index in [1.807, 2.05) is 6.92 Å². The second-order valence-corrected chi connectivity index (χ2v) is 5.23. The van der Waals surface area contributed by atoms with Crippen LogP contribution in [0.2, 0.25) is 0 Å². The predicted molar refractivity (Wildman–Crippen MR) is 61.1 cm³/mol. The fourth-order valence-corrected chi connectivity index (χ4v) is 1.50. The van der Waals surface area contributed by atoms with Gasteiger partial charge in [-0.3, -0.25) is 0 Å². The van der Waals surface area contributed by atoms with Gasteiger partial charge in [-0.05, 0) is 30.9 Å². The molecule has 2 nitrogen and oxygen atoms in total. The van der Waals surface area contributed by atoms with Crippen LogP contribution in [0.15, 0.2) is 18.3 Å². The van der Waals surface area contributed by atoms with E-state index in [2.05, 4.69) is 43.7 Å². The van der Waals surface area contributed by atoms with Gasteiger partial charge in [0.1, 0.15) is 0 Å². The van der Waals surface area contributed by atoms with Gasteiger partial charge in [-0.1, -0.05) is 20.8 Å².